The number of methoxy groups -OCH3 is 1. The molecule has 0 aromatic heterocycles. The number of carbonyl (C=O) groups is 1. The first-order valence-corrected chi connectivity index (χ1v) is 4.71. The van der Waals surface area contributed by atoms with Crippen LogP contribution in [0.3, 0.4) is 0 Å². The van der Waals surface area contributed by atoms with E-state index in [-0.39, 0.29) is 11.9 Å². The average Bonchev–Trinajstić information content (AvgIpc) is 2.12. The fraction of sp³-hybridized carbons (Fsp3) is 0.900. The molecule has 0 saturated carbocycles. The van der Waals surface area contributed by atoms with Gasteiger partial charge in [0.15, 0.2) is 5.60 Å². The lowest BCUT2D eigenvalue weighted by atomic mass is 9.92. The number of rotatable bonds is 5. The predicted octanol–water partition coefficient (Wildman–Crippen LogP) is 2.00. The van der Waals surface area contributed by atoms with Gasteiger partial charge in [0.2, 0.25) is 0 Å². The van der Waals surface area contributed by atoms with Crippen LogP contribution in [-0.2, 0) is 14.3 Å². The predicted molar refractivity (Wildman–Crippen MR) is 51.5 cm³/mol. The molecule has 0 heterocycles. The lowest BCUT2D eigenvalue weighted by molar-refractivity contribution is -0.172. The summed E-state index contributed by atoms with van der Waals surface area (Å²) in [6.07, 6.45) is 0.837. The van der Waals surface area contributed by atoms with Gasteiger partial charge in [0, 0.05) is 7.11 Å². The van der Waals surface area contributed by atoms with Gasteiger partial charge < -0.3 is 9.47 Å². The van der Waals surface area contributed by atoms with E-state index in [1.165, 1.54) is 7.11 Å². The van der Waals surface area contributed by atoms with Crippen molar-refractivity contribution < 1.29 is 14.3 Å². The molecule has 0 aromatic carbocycles. The summed E-state index contributed by atoms with van der Waals surface area (Å²) in [5.41, 5.74) is -0.810. The van der Waals surface area contributed by atoms with Crippen molar-refractivity contribution in [2.24, 2.45) is 5.92 Å². The average molecular weight is 188 g/mol. The van der Waals surface area contributed by atoms with Crippen molar-refractivity contribution in [2.45, 2.75) is 39.7 Å². The van der Waals surface area contributed by atoms with Gasteiger partial charge in [-0.2, -0.15) is 0 Å². The van der Waals surface area contributed by atoms with Crippen molar-refractivity contribution >= 4 is 5.97 Å². The Balaban J connectivity index is 4.30. The Morgan fingerprint density at radius 3 is 2.31 bits per heavy atom. The van der Waals surface area contributed by atoms with E-state index in [1.54, 1.807) is 6.92 Å². The van der Waals surface area contributed by atoms with Gasteiger partial charge in [0.05, 0.1) is 6.61 Å². The maximum atomic E-state index is 11.5. The topological polar surface area (TPSA) is 35.5 Å². The fourth-order valence-electron chi connectivity index (χ4n) is 0.893. The summed E-state index contributed by atoms with van der Waals surface area (Å²) in [5.74, 6) is -0.159. The molecule has 0 saturated heterocycles. The highest BCUT2D eigenvalue weighted by Crippen LogP contribution is 2.22. The van der Waals surface area contributed by atoms with Crippen LogP contribution in [0.4, 0.5) is 0 Å². The summed E-state index contributed by atoms with van der Waals surface area (Å²) in [6, 6.07) is 0. The number of esters is 1. The Morgan fingerprint density at radius 1 is 1.46 bits per heavy atom. The monoisotopic (exact) mass is 188 g/mol. The Bertz CT molecular complexity index is 166. The highest BCUT2D eigenvalue weighted by Gasteiger charge is 2.38. The van der Waals surface area contributed by atoms with E-state index in [0.717, 1.165) is 6.42 Å². The summed E-state index contributed by atoms with van der Waals surface area (Å²) in [7, 11) is 1.53. The van der Waals surface area contributed by atoms with Gasteiger partial charge in [-0.15, -0.1) is 0 Å². The van der Waals surface area contributed by atoms with Crippen molar-refractivity contribution in [1.29, 1.82) is 0 Å². The van der Waals surface area contributed by atoms with Crippen LogP contribution < -0.4 is 0 Å². The smallest absolute Gasteiger partial charge is 0.338 e. The number of ether oxygens (including phenoxy) is 2. The second kappa shape index (κ2) is 5.22. The normalized spacial score (nSPS) is 15.5. The van der Waals surface area contributed by atoms with Crippen LogP contribution >= 0.6 is 0 Å². The van der Waals surface area contributed by atoms with E-state index in [1.807, 2.05) is 20.8 Å². The number of hydrogen-bond donors (Lipinski definition) is 0. The van der Waals surface area contributed by atoms with Crippen LogP contribution in [0.1, 0.15) is 34.1 Å². The quantitative estimate of drug-likeness (QED) is 0.619. The first kappa shape index (κ1) is 12.4. The van der Waals surface area contributed by atoms with Crippen LogP contribution in [0, 0.1) is 5.92 Å². The first-order valence-electron chi connectivity index (χ1n) is 4.71. The molecule has 78 valence electrons. The fourth-order valence-corrected chi connectivity index (χ4v) is 0.893. The maximum absolute atomic E-state index is 11.5. The standard InChI is InChI=1S/C10H20O3/c1-6-7-13-9(11)10(4,12-5)8(2)3/h8H,6-7H2,1-5H3. The lowest BCUT2D eigenvalue weighted by Gasteiger charge is -2.29. The van der Waals surface area contributed by atoms with Gasteiger partial charge >= 0.3 is 5.97 Å². The van der Waals surface area contributed by atoms with Gasteiger partial charge in [0.25, 0.3) is 0 Å². The van der Waals surface area contributed by atoms with Crippen molar-refractivity contribution in [1.82, 2.24) is 0 Å². The van der Waals surface area contributed by atoms with E-state index >= 15 is 0 Å². The Labute approximate surface area is 80.4 Å². The zero-order valence-corrected chi connectivity index (χ0v) is 9.22. The Hall–Kier alpha value is -0.570. The molecule has 0 spiro atoms. The van der Waals surface area contributed by atoms with Crippen LogP contribution in [0.15, 0.2) is 0 Å². The highest BCUT2D eigenvalue weighted by molar-refractivity contribution is 5.79. The van der Waals surface area contributed by atoms with Crippen LogP contribution in [-0.4, -0.2) is 25.3 Å². The molecule has 0 radical (unpaired) electrons. The van der Waals surface area contributed by atoms with Gasteiger partial charge in [-0.05, 0) is 19.3 Å². The molecule has 0 N–H and O–H groups in total. The summed E-state index contributed by atoms with van der Waals surface area (Å²) < 4.78 is 10.2. The molecule has 1 atom stereocenters. The minimum atomic E-state index is -0.810. The molecule has 0 aliphatic rings. The van der Waals surface area contributed by atoms with Gasteiger partial charge in [-0.3, -0.25) is 0 Å². The van der Waals surface area contributed by atoms with Crippen molar-refractivity contribution in [3.05, 3.63) is 0 Å². The zero-order chi connectivity index (χ0) is 10.5. The van der Waals surface area contributed by atoms with Crippen molar-refractivity contribution in [3.8, 4) is 0 Å². The molecule has 0 amide bonds. The molecular weight excluding hydrogens is 168 g/mol. The number of carbonyl (C=O) groups excluding carboxylic acids is 1. The zero-order valence-electron chi connectivity index (χ0n) is 9.22. The third-order valence-electron chi connectivity index (χ3n) is 2.37. The molecule has 3 nitrogen and oxygen atoms in total. The summed E-state index contributed by atoms with van der Waals surface area (Å²) >= 11 is 0. The third kappa shape index (κ3) is 2.99. The first-order chi connectivity index (χ1) is 5.99. The second-order valence-electron chi connectivity index (χ2n) is 3.60. The second-order valence-corrected chi connectivity index (χ2v) is 3.60. The molecule has 13 heavy (non-hydrogen) atoms. The largest absolute Gasteiger partial charge is 0.464 e. The van der Waals surface area contributed by atoms with Crippen LogP contribution in [0.2, 0.25) is 0 Å². The third-order valence-corrected chi connectivity index (χ3v) is 2.37. The molecule has 0 aliphatic carbocycles. The molecule has 0 fully saturated rings. The van der Waals surface area contributed by atoms with E-state index < -0.39 is 5.60 Å². The Morgan fingerprint density at radius 2 is 2.00 bits per heavy atom. The molecule has 0 aliphatic heterocycles. The minimum absolute atomic E-state index is 0.113. The number of hydrogen-bond acceptors (Lipinski definition) is 3. The molecule has 3 heteroatoms. The SMILES string of the molecule is CCCOC(=O)C(C)(OC)C(C)C. The summed E-state index contributed by atoms with van der Waals surface area (Å²) in [6.45, 7) is 8.07. The van der Waals surface area contributed by atoms with E-state index in [0.29, 0.717) is 6.61 Å². The molecule has 0 aromatic rings. The van der Waals surface area contributed by atoms with Gasteiger partial charge in [-0.1, -0.05) is 20.8 Å². The van der Waals surface area contributed by atoms with Gasteiger partial charge in [-0.25, -0.2) is 4.79 Å². The maximum Gasteiger partial charge on any atom is 0.338 e. The lowest BCUT2D eigenvalue weighted by Crippen LogP contribution is -2.44. The van der Waals surface area contributed by atoms with Crippen molar-refractivity contribution in [2.75, 3.05) is 13.7 Å². The minimum Gasteiger partial charge on any atom is -0.464 e. The highest BCUT2D eigenvalue weighted by atomic mass is 16.6. The van der Waals surface area contributed by atoms with E-state index in [4.69, 9.17) is 9.47 Å². The van der Waals surface area contributed by atoms with Crippen LogP contribution in [0.5, 0.6) is 0 Å². The summed E-state index contributed by atoms with van der Waals surface area (Å²) in [5, 5.41) is 0. The van der Waals surface area contributed by atoms with E-state index in [9.17, 15) is 4.79 Å². The van der Waals surface area contributed by atoms with E-state index in [2.05, 4.69) is 0 Å². The molecule has 1 unspecified atom stereocenters. The van der Waals surface area contributed by atoms with Crippen molar-refractivity contribution in [3.63, 3.8) is 0 Å². The Kier molecular flexibility index (Phi) is 4.99. The molecule has 0 bridgehead atoms. The van der Waals surface area contributed by atoms with Crippen LogP contribution in [0.25, 0.3) is 0 Å². The van der Waals surface area contributed by atoms with Gasteiger partial charge in [0.1, 0.15) is 0 Å². The molecule has 0 rings (SSSR count). The summed E-state index contributed by atoms with van der Waals surface area (Å²) in [4.78, 5) is 11.5. The molecular formula is C10H20O3.